The van der Waals surface area contributed by atoms with Crippen molar-refractivity contribution in [3.63, 3.8) is 0 Å². The number of guanidine groups is 3. The van der Waals surface area contributed by atoms with Gasteiger partial charge in [0.15, 0.2) is 17.9 Å². The van der Waals surface area contributed by atoms with Crippen molar-refractivity contribution >= 4 is 65.2 Å². The van der Waals surface area contributed by atoms with Crippen LogP contribution in [0.3, 0.4) is 0 Å². The normalized spacial score (nSPS) is 20.7. The van der Waals surface area contributed by atoms with Crippen LogP contribution in [0, 0.1) is 0 Å². The Labute approximate surface area is 428 Å². The number of carbonyl (C=O) groups is 8. The van der Waals surface area contributed by atoms with Gasteiger partial charge in [0.05, 0.1) is 0 Å². The Morgan fingerprint density at radius 1 is 0.479 bits per heavy atom. The van der Waals surface area contributed by atoms with Crippen LogP contribution in [0.2, 0.25) is 0 Å². The molecular formula is C48H84N16O9. The van der Waals surface area contributed by atoms with Gasteiger partial charge in [0.2, 0.25) is 41.4 Å². The number of hydrogen-bond acceptors (Lipinski definition) is 11. The summed E-state index contributed by atoms with van der Waals surface area (Å²) in [5.74, 6) is -4.94. The van der Waals surface area contributed by atoms with E-state index in [1.54, 1.807) is 4.90 Å². The highest BCUT2D eigenvalue weighted by molar-refractivity contribution is 5.98. The molecule has 7 amide bonds. The van der Waals surface area contributed by atoms with Crippen molar-refractivity contribution in [1.82, 2.24) is 35.6 Å². The highest BCUT2D eigenvalue weighted by Crippen LogP contribution is 2.28. The van der Waals surface area contributed by atoms with E-state index in [9.17, 15) is 43.5 Å². The fourth-order valence-electron chi connectivity index (χ4n) is 10.3. The van der Waals surface area contributed by atoms with Crippen molar-refractivity contribution in [1.29, 1.82) is 0 Å². The number of rotatable bonds is 30. The van der Waals surface area contributed by atoms with Crippen LogP contribution in [-0.2, 0) is 38.4 Å². The van der Waals surface area contributed by atoms with E-state index in [2.05, 4.69) is 37.9 Å². The molecule has 16 N–H and O–H groups in total. The van der Waals surface area contributed by atoms with Crippen LogP contribution in [0.5, 0.6) is 0 Å². The molecule has 0 saturated carbocycles. The Morgan fingerprint density at radius 3 is 1.29 bits per heavy atom. The number of amides is 7. The molecule has 0 bridgehead atoms. The van der Waals surface area contributed by atoms with Crippen molar-refractivity contribution in [2.75, 3.05) is 45.8 Å². The molecule has 4 aliphatic rings. The number of nitrogens with zero attached hydrogens (tertiary/aromatic N) is 7. The molecule has 0 aromatic heterocycles. The molecule has 0 aromatic rings. The molecule has 73 heavy (non-hydrogen) atoms. The molecule has 4 fully saturated rings. The minimum Gasteiger partial charge on any atom is -0.480 e. The van der Waals surface area contributed by atoms with Gasteiger partial charge in [-0.2, -0.15) is 0 Å². The third-order valence-electron chi connectivity index (χ3n) is 14.0. The van der Waals surface area contributed by atoms with Gasteiger partial charge < -0.3 is 75.1 Å². The van der Waals surface area contributed by atoms with Crippen molar-refractivity contribution in [3.8, 4) is 0 Å². The van der Waals surface area contributed by atoms with Gasteiger partial charge in [0, 0.05) is 52.2 Å². The first-order valence-corrected chi connectivity index (χ1v) is 26.5. The van der Waals surface area contributed by atoms with Crippen LogP contribution in [-0.4, -0.2) is 178 Å². The average Bonchev–Trinajstić information content (AvgIpc) is 4.20. The lowest BCUT2D eigenvalue weighted by Gasteiger charge is -2.34. The first-order valence-electron chi connectivity index (χ1n) is 26.5. The van der Waals surface area contributed by atoms with Crippen molar-refractivity contribution in [2.45, 2.75) is 190 Å². The minimum absolute atomic E-state index is 0.0479. The smallest absolute Gasteiger partial charge is 0.326 e. The highest BCUT2D eigenvalue weighted by Gasteiger charge is 2.45. The second kappa shape index (κ2) is 30.6. The molecule has 0 radical (unpaired) electrons. The second-order valence-electron chi connectivity index (χ2n) is 19.6. The highest BCUT2D eigenvalue weighted by atomic mass is 16.4. The monoisotopic (exact) mass is 1030 g/mol. The van der Waals surface area contributed by atoms with Gasteiger partial charge in [-0.15, -0.1) is 0 Å². The fourth-order valence-corrected chi connectivity index (χ4v) is 10.3. The number of carboxylic acids is 1. The van der Waals surface area contributed by atoms with E-state index in [1.807, 2.05) is 0 Å². The summed E-state index contributed by atoms with van der Waals surface area (Å²) in [5.41, 5.74) is 33.0. The fraction of sp³-hybridized carbons (Fsp3) is 0.771. The number of carbonyl (C=O) groups excluding carboxylic acids is 7. The molecule has 0 unspecified atom stereocenters. The van der Waals surface area contributed by atoms with Crippen LogP contribution in [0.15, 0.2) is 15.0 Å². The first kappa shape index (κ1) is 59.1. The number of nitrogens with one attached hydrogen (secondary N) is 3. The Morgan fingerprint density at radius 2 is 0.836 bits per heavy atom. The Hall–Kier alpha value is -6.43. The number of likely N-dealkylation sites (tertiary alicyclic amines) is 4. The second-order valence-corrected chi connectivity index (χ2v) is 19.6. The molecule has 0 spiro atoms. The largest absolute Gasteiger partial charge is 0.480 e. The van der Waals surface area contributed by atoms with Gasteiger partial charge in [-0.3, -0.25) is 48.5 Å². The zero-order valence-electron chi connectivity index (χ0n) is 42.9. The molecule has 4 heterocycles. The van der Waals surface area contributed by atoms with Crippen LogP contribution >= 0.6 is 0 Å². The lowest BCUT2D eigenvalue weighted by molar-refractivity contribution is -0.149. The van der Waals surface area contributed by atoms with E-state index in [0.717, 1.165) is 32.1 Å². The van der Waals surface area contributed by atoms with Gasteiger partial charge in [0.1, 0.15) is 42.3 Å². The van der Waals surface area contributed by atoms with E-state index in [-0.39, 0.29) is 108 Å². The van der Waals surface area contributed by atoms with Gasteiger partial charge in [-0.05, 0) is 96.3 Å². The van der Waals surface area contributed by atoms with E-state index in [1.165, 1.54) is 27.5 Å². The maximum Gasteiger partial charge on any atom is 0.326 e. The lowest BCUT2D eigenvalue weighted by Crippen LogP contribution is -2.59. The van der Waals surface area contributed by atoms with Crippen LogP contribution in [0.1, 0.15) is 148 Å². The molecule has 7 atom stereocenters. The molecular weight excluding hydrogens is 945 g/mol. The summed E-state index contributed by atoms with van der Waals surface area (Å²) in [6.07, 6.45) is 12.2. The van der Waals surface area contributed by atoms with E-state index in [0.29, 0.717) is 57.9 Å². The van der Waals surface area contributed by atoms with E-state index >= 15 is 0 Å². The standard InChI is InChI=1S/C48H84N16O9/c1-2-3-4-5-6-7-8-23-38(65)61-27-12-19-34(61)39(66)58-31(16-9-24-55-46(49)50)42(69)62-28-13-20-35(62)40(67)59-32(17-10-25-56-47(51)52)43(70)64-30-15-22-37(64)44(71)63-29-14-21-36(63)41(68)60-33(45(72)73)18-11-26-57-48(53)54/h31-37H,2-30H2,1H3,(H,58,66)(H,59,67)(H,60,68)(H,72,73)(H4,49,50,55)(H4,51,52,56)(H4,53,54,57)/t31-,32-,33-,34-,35-,36-,37-/m0/s1. The predicted octanol–water partition coefficient (Wildman–Crippen LogP) is -1.21. The Kier molecular flexibility index (Phi) is 24.8. The summed E-state index contributed by atoms with van der Waals surface area (Å²) >= 11 is 0. The zero-order chi connectivity index (χ0) is 53.5. The zero-order valence-corrected chi connectivity index (χ0v) is 42.9. The quantitative estimate of drug-likeness (QED) is 0.0229. The predicted molar refractivity (Wildman–Crippen MR) is 275 cm³/mol. The van der Waals surface area contributed by atoms with Crippen molar-refractivity contribution in [3.05, 3.63) is 0 Å². The Bertz CT molecular complexity index is 1970. The number of unbranched alkanes of at least 4 members (excludes halogenated alkanes) is 6. The van der Waals surface area contributed by atoms with Gasteiger partial charge >= 0.3 is 5.97 Å². The first-order chi connectivity index (χ1) is 34.9. The molecule has 4 aliphatic heterocycles. The molecule has 25 nitrogen and oxygen atoms in total. The minimum atomic E-state index is -1.25. The van der Waals surface area contributed by atoms with Crippen LogP contribution in [0.4, 0.5) is 0 Å². The van der Waals surface area contributed by atoms with Gasteiger partial charge in [0.25, 0.3) is 0 Å². The van der Waals surface area contributed by atoms with E-state index in [4.69, 9.17) is 34.4 Å². The number of aliphatic imine (C=N–C) groups is 3. The maximum absolute atomic E-state index is 14.6. The van der Waals surface area contributed by atoms with Crippen molar-refractivity contribution in [2.24, 2.45) is 49.4 Å². The Balaban J connectivity index is 1.47. The number of nitrogens with two attached hydrogens (primary N) is 6. The van der Waals surface area contributed by atoms with Crippen LogP contribution in [0.25, 0.3) is 0 Å². The topological polar surface area (TPSA) is 399 Å². The summed E-state index contributed by atoms with van der Waals surface area (Å²) in [6, 6.07) is -7.18. The number of carboxylic acid groups (broad SMARTS) is 1. The molecule has 0 aliphatic carbocycles. The SMILES string of the molecule is CCCCCCCCCC(=O)N1CCC[C@H]1C(=O)N[C@@H](CCCN=C(N)N)C(=O)N1CCC[C@H]1C(=O)N[C@@H](CCCN=C(N)N)C(=O)N1CCC[C@H]1C(=O)N1CCC[C@H]1C(=O)N[C@@H](CCCN=C(N)N)C(=O)O. The summed E-state index contributed by atoms with van der Waals surface area (Å²) < 4.78 is 0. The summed E-state index contributed by atoms with van der Waals surface area (Å²) in [4.78, 5) is 129. The molecule has 4 rings (SSSR count). The molecule has 410 valence electrons. The molecule has 25 heteroatoms. The summed E-state index contributed by atoms with van der Waals surface area (Å²) in [6.45, 7) is 3.70. The molecule has 0 aromatic carbocycles. The van der Waals surface area contributed by atoms with Gasteiger partial charge in [-0.25, -0.2) is 4.79 Å². The molecule has 4 saturated heterocycles. The third kappa shape index (κ3) is 18.5. The number of aliphatic carboxylic acids is 1. The van der Waals surface area contributed by atoms with Gasteiger partial charge in [-0.1, -0.05) is 45.4 Å². The average molecular weight is 1030 g/mol. The lowest BCUT2D eigenvalue weighted by atomic mass is 10.1. The number of hydrogen-bond donors (Lipinski definition) is 10. The van der Waals surface area contributed by atoms with E-state index < -0.39 is 83.7 Å². The van der Waals surface area contributed by atoms with Crippen molar-refractivity contribution < 1.29 is 43.5 Å². The summed E-state index contributed by atoms with van der Waals surface area (Å²) in [7, 11) is 0. The summed E-state index contributed by atoms with van der Waals surface area (Å²) in [5, 5.41) is 18.2. The maximum atomic E-state index is 14.6. The van der Waals surface area contributed by atoms with Crippen LogP contribution < -0.4 is 50.4 Å². The third-order valence-corrected chi connectivity index (χ3v) is 14.0.